The summed E-state index contributed by atoms with van der Waals surface area (Å²) in [7, 11) is 0. The van der Waals surface area contributed by atoms with Gasteiger partial charge in [-0.1, -0.05) is 0 Å². The first kappa shape index (κ1) is 19.8. The molecule has 3 rings (SSSR count). The van der Waals surface area contributed by atoms with Crippen molar-refractivity contribution in [1.29, 1.82) is 5.26 Å². The Morgan fingerprint density at radius 1 is 1.14 bits per heavy atom. The van der Waals surface area contributed by atoms with Gasteiger partial charge in [0.2, 0.25) is 0 Å². The van der Waals surface area contributed by atoms with Crippen LogP contribution < -0.4 is 14.8 Å². The van der Waals surface area contributed by atoms with Crippen LogP contribution in [0, 0.1) is 24.1 Å². The smallest absolute Gasteiger partial charge is 0.266 e. The molecule has 0 aliphatic carbocycles. The first-order valence-electron chi connectivity index (χ1n) is 8.82. The number of carbonyl (C=O) groups excluding carboxylic acids is 1. The lowest BCUT2D eigenvalue weighted by molar-refractivity contribution is -0.122. The van der Waals surface area contributed by atoms with Crippen molar-refractivity contribution >= 4 is 11.7 Å². The molecule has 146 valence electrons. The van der Waals surface area contributed by atoms with Crippen molar-refractivity contribution in [2.75, 3.05) is 5.32 Å². The third-order valence-electron chi connectivity index (χ3n) is 3.96. The van der Waals surface area contributed by atoms with Crippen molar-refractivity contribution in [2.45, 2.75) is 20.0 Å². The van der Waals surface area contributed by atoms with E-state index in [0.29, 0.717) is 17.3 Å². The number of hydrogen-bond acceptors (Lipinski definition) is 5. The van der Waals surface area contributed by atoms with Gasteiger partial charge < -0.3 is 14.8 Å². The molecule has 3 aromatic rings. The number of anilines is 1. The average Bonchev–Trinajstić information content (AvgIpc) is 2.70. The third-order valence-corrected chi connectivity index (χ3v) is 3.96. The number of pyridine rings is 1. The lowest BCUT2D eigenvalue weighted by Crippen LogP contribution is -2.30. The lowest BCUT2D eigenvalue weighted by Gasteiger charge is -2.15. The SMILES string of the molecule is Cc1ccnc(NC(=O)[C@@H](C)Oc2ccc(Oc3ccc(C#N)cc3F)cc2)c1. The molecule has 29 heavy (non-hydrogen) atoms. The van der Waals surface area contributed by atoms with Gasteiger partial charge in [0.1, 0.15) is 17.3 Å². The normalized spacial score (nSPS) is 11.2. The van der Waals surface area contributed by atoms with Crippen LogP contribution in [0.15, 0.2) is 60.8 Å². The van der Waals surface area contributed by atoms with E-state index in [1.807, 2.05) is 19.1 Å². The van der Waals surface area contributed by atoms with Gasteiger partial charge in [0.25, 0.3) is 5.91 Å². The molecule has 0 saturated heterocycles. The van der Waals surface area contributed by atoms with E-state index in [1.54, 1.807) is 43.5 Å². The number of ether oxygens (including phenoxy) is 2. The zero-order chi connectivity index (χ0) is 20.8. The van der Waals surface area contributed by atoms with E-state index in [4.69, 9.17) is 14.7 Å². The van der Waals surface area contributed by atoms with E-state index < -0.39 is 11.9 Å². The van der Waals surface area contributed by atoms with Crippen LogP contribution in [0.5, 0.6) is 17.2 Å². The Bertz CT molecular complexity index is 1060. The van der Waals surface area contributed by atoms with E-state index >= 15 is 0 Å². The van der Waals surface area contributed by atoms with E-state index in [0.717, 1.165) is 11.6 Å². The van der Waals surface area contributed by atoms with Gasteiger partial charge in [-0.25, -0.2) is 9.37 Å². The fourth-order valence-electron chi connectivity index (χ4n) is 2.46. The molecule has 0 aliphatic heterocycles. The molecule has 1 N–H and O–H groups in total. The van der Waals surface area contributed by atoms with Gasteiger partial charge in [0.05, 0.1) is 11.6 Å². The van der Waals surface area contributed by atoms with Gasteiger partial charge in [0, 0.05) is 6.20 Å². The first-order chi connectivity index (χ1) is 13.9. The summed E-state index contributed by atoms with van der Waals surface area (Å²) in [6, 6.07) is 15.9. The standard InChI is InChI=1S/C22H18FN3O3/c1-14-9-10-25-21(11-14)26-22(27)15(2)28-17-4-6-18(7-5-17)29-20-8-3-16(13-24)12-19(20)23/h3-12,15H,1-2H3,(H,25,26,27)/t15-/m1/s1. The molecule has 1 amide bonds. The summed E-state index contributed by atoms with van der Waals surface area (Å²) >= 11 is 0. The fraction of sp³-hybridized carbons (Fsp3) is 0.136. The number of amides is 1. The fourth-order valence-corrected chi connectivity index (χ4v) is 2.46. The van der Waals surface area contributed by atoms with Crippen LogP contribution in [-0.4, -0.2) is 17.0 Å². The summed E-state index contributed by atoms with van der Waals surface area (Å²) in [5.41, 5.74) is 1.20. The van der Waals surface area contributed by atoms with Crippen molar-refractivity contribution in [3.8, 4) is 23.3 Å². The van der Waals surface area contributed by atoms with Crippen molar-refractivity contribution in [3.05, 3.63) is 77.7 Å². The van der Waals surface area contributed by atoms with Crippen molar-refractivity contribution < 1.29 is 18.7 Å². The molecular weight excluding hydrogens is 373 g/mol. The minimum absolute atomic E-state index is 0.0102. The van der Waals surface area contributed by atoms with Gasteiger partial charge in [-0.2, -0.15) is 5.26 Å². The molecule has 0 radical (unpaired) electrons. The molecule has 7 heteroatoms. The van der Waals surface area contributed by atoms with Gasteiger partial charge in [-0.15, -0.1) is 0 Å². The Morgan fingerprint density at radius 2 is 1.86 bits per heavy atom. The topological polar surface area (TPSA) is 84.2 Å². The summed E-state index contributed by atoms with van der Waals surface area (Å²) in [5.74, 6) is 0.358. The van der Waals surface area contributed by atoms with E-state index in [-0.39, 0.29) is 17.2 Å². The predicted molar refractivity (Wildman–Crippen MR) is 105 cm³/mol. The molecule has 1 atom stereocenters. The molecule has 0 aliphatic rings. The minimum atomic E-state index is -0.750. The lowest BCUT2D eigenvalue weighted by atomic mass is 10.2. The minimum Gasteiger partial charge on any atom is -0.481 e. The van der Waals surface area contributed by atoms with Crippen molar-refractivity contribution in [3.63, 3.8) is 0 Å². The summed E-state index contributed by atoms with van der Waals surface area (Å²) in [4.78, 5) is 16.3. The Morgan fingerprint density at radius 3 is 2.52 bits per heavy atom. The number of rotatable bonds is 6. The number of benzene rings is 2. The number of nitrogens with zero attached hydrogens (tertiary/aromatic N) is 2. The number of hydrogen-bond donors (Lipinski definition) is 1. The van der Waals surface area contributed by atoms with Crippen LogP contribution in [-0.2, 0) is 4.79 Å². The maximum Gasteiger partial charge on any atom is 0.266 e. The molecule has 2 aromatic carbocycles. The van der Waals surface area contributed by atoms with E-state index in [9.17, 15) is 9.18 Å². The maximum absolute atomic E-state index is 13.9. The molecule has 0 saturated carbocycles. The Kier molecular flexibility index (Phi) is 6.05. The maximum atomic E-state index is 13.9. The summed E-state index contributed by atoms with van der Waals surface area (Å²) < 4.78 is 25.0. The number of nitrogens with one attached hydrogen (secondary N) is 1. The number of aryl methyl sites for hydroxylation is 1. The van der Waals surface area contributed by atoms with Crippen molar-refractivity contribution in [1.82, 2.24) is 4.98 Å². The monoisotopic (exact) mass is 391 g/mol. The summed E-state index contributed by atoms with van der Waals surface area (Å²) in [5, 5.41) is 11.5. The highest BCUT2D eigenvalue weighted by Crippen LogP contribution is 2.27. The highest BCUT2D eigenvalue weighted by Gasteiger charge is 2.15. The Labute approximate surface area is 167 Å². The zero-order valence-electron chi connectivity index (χ0n) is 15.8. The predicted octanol–water partition coefficient (Wildman–Crippen LogP) is 4.60. The second-order valence-corrected chi connectivity index (χ2v) is 6.30. The molecule has 1 heterocycles. The van der Waals surface area contributed by atoms with Crippen LogP contribution in [0.4, 0.5) is 10.2 Å². The Hall–Kier alpha value is -3.92. The highest BCUT2D eigenvalue weighted by molar-refractivity contribution is 5.93. The molecule has 0 unspecified atom stereocenters. The van der Waals surface area contributed by atoms with E-state index in [2.05, 4.69) is 10.3 Å². The average molecular weight is 391 g/mol. The molecule has 6 nitrogen and oxygen atoms in total. The number of nitriles is 1. The summed E-state index contributed by atoms with van der Waals surface area (Å²) in [6.07, 6.45) is 0.867. The zero-order valence-corrected chi connectivity index (χ0v) is 15.8. The van der Waals surface area contributed by atoms with E-state index in [1.165, 1.54) is 12.1 Å². The second-order valence-electron chi connectivity index (χ2n) is 6.30. The number of carbonyl (C=O) groups is 1. The van der Waals surface area contributed by atoms with Crippen LogP contribution in [0.1, 0.15) is 18.1 Å². The van der Waals surface area contributed by atoms with Gasteiger partial charge in [0.15, 0.2) is 17.7 Å². The molecular formula is C22H18FN3O3. The summed E-state index contributed by atoms with van der Waals surface area (Å²) in [6.45, 7) is 3.53. The van der Waals surface area contributed by atoms with Gasteiger partial charge >= 0.3 is 0 Å². The quantitative estimate of drug-likeness (QED) is 0.664. The van der Waals surface area contributed by atoms with Crippen LogP contribution in [0.3, 0.4) is 0 Å². The molecule has 0 spiro atoms. The van der Waals surface area contributed by atoms with Gasteiger partial charge in [-0.05, 0) is 74.0 Å². The number of halogens is 1. The van der Waals surface area contributed by atoms with Gasteiger partial charge in [-0.3, -0.25) is 4.79 Å². The first-order valence-corrected chi connectivity index (χ1v) is 8.82. The second kappa shape index (κ2) is 8.85. The van der Waals surface area contributed by atoms with Crippen molar-refractivity contribution in [2.24, 2.45) is 0 Å². The van der Waals surface area contributed by atoms with Crippen LogP contribution >= 0.6 is 0 Å². The third kappa shape index (κ3) is 5.30. The largest absolute Gasteiger partial charge is 0.481 e. The highest BCUT2D eigenvalue weighted by atomic mass is 19.1. The Balaban J connectivity index is 1.60. The molecule has 0 bridgehead atoms. The van der Waals surface area contributed by atoms with Crippen LogP contribution in [0.2, 0.25) is 0 Å². The molecule has 1 aromatic heterocycles. The molecule has 0 fully saturated rings. The number of aromatic nitrogens is 1. The van der Waals surface area contributed by atoms with Crippen LogP contribution in [0.25, 0.3) is 0 Å².